The second kappa shape index (κ2) is 2.17. The smallest absolute Gasteiger partial charge is 0.334 e. The second-order valence-corrected chi connectivity index (χ2v) is 2.73. The van der Waals surface area contributed by atoms with Crippen LogP contribution in [0.4, 0.5) is 0 Å². The summed E-state index contributed by atoms with van der Waals surface area (Å²) >= 11 is 0. The lowest BCUT2D eigenvalue weighted by molar-refractivity contribution is -0.379. The molecule has 1 heterocycles. The van der Waals surface area contributed by atoms with Gasteiger partial charge < -0.3 is 19.7 Å². The maximum absolute atomic E-state index is 10.5. The molecule has 2 unspecified atom stereocenters. The molecule has 2 N–H and O–H groups in total. The van der Waals surface area contributed by atoms with Crippen LogP contribution in [-0.4, -0.2) is 34.4 Å². The average molecular weight is 162 g/mol. The van der Waals surface area contributed by atoms with Crippen molar-refractivity contribution >= 4 is 5.97 Å². The SMILES string of the molecule is CC1(O)OCC(=O)OC1(C)O. The van der Waals surface area contributed by atoms with Crippen molar-refractivity contribution in [1.82, 2.24) is 0 Å². The Morgan fingerprint density at radius 2 is 1.91 bits per heavy atom. The molecule has 0 aromatic rings. The molecule has 0 bridgehead atoms. The average Bonchev–Trinajstić information content (AvgIpc) is 1.80. The van der Waals surface area contributed by atoms with Gasteiger partial charge in [0.2, 0.25) is 5.79 Å². The van der Waals surface area contributed by atoms with Crippen LogP contribution in [0.25, 0.3) is 0 Å². The Kier molecular flexibility index (Phi) is 1.66. The molecule has 2 atom stereocenters. The van der Waals surface area contributed by atoms with Crippen LogP contribution in [0.5, 0.6) is 0 Å². The van der Waals surface area contributed by atoms with Crippen LogP contribution in [0.1, 0.15) is 13.8 Å². The van der Waals surface area contributed by atoms with Gasteiger partial charge >= 0.3 is 5.97 Å². The molecule has 0 aromatic heterocycles. The molecule has 5 heteroatoms. The van der Waals surface area contributed by atoms with E-state index < -0.39 is 17.5 Å². The van der Waals surface area contributed by atoms with Crippen LogP contribution in [0, 0.1) is 0 Å². The van der Waals surface area contributed by atoms with Gasteiger partial charge in [-0.1, -0.05) is 0 Å². The number of hydrogen-bond acceptors (Lipinski definition) is 5. The molecule has 1 fully saturated rings. The Balaban J connectivity index is 2.80. The minimum atomic E-state index is -1.97. The molecule has 5 nitrogen and oxygen atoms in total. The molecule has 1 rings (SSSR count). The summed E-state index contributed by atoms with van der Waals surface area (Å²) in [7, 11) is 0. The van der Waals surface area contributed by atoms with E-state index in [2.05, 4.69) is 9.47 Å². The fraction of sp³-hybridized carbons (Fsp3) is 0.833. The predicted octanol–water partition coefficient (Wildman–Crippen LogP) is -1.02. The lowest BCUT2D eigenvalue weighted by Crippen LogP contribution is -2.59. The highest BCUT2D eigenvalue weighted by molar-refractivity contribution is 5.71. The third-order valence-corrected chi connectivity index (χ3v) is 1.64. The Hall–Kier alpha value is -0.650. The Morgan fingerprint density at radius 1 is 1.36 bits per heavy atom. The standard InChI is InChI=1S/C6H10O5/c1-5(8)6(2,9)11-4(7)3-10-5/h8-9H,3H2,1-2H3. The van der Waals surface area contributed by atoms with Gasteiger partial charge in [-0.15, -0.1) is 0 Å². The summed E-state index contributed by atoms with van der Waals surface area (Å²) in [4.78, 5) is 10.5. The van der Waals surface area contributed by atoms with Gasteiger partial charge in [-0.3, -0.25) is 0 Å². The van der Waals surface area contributed by atoms with Crippen LogP contribution >= 0.6 is 0 Å². The molecule has 0 saturated carbocycles. The first-order chi connectivity index (χ1) is 4.85. The first-order valence-corrected chi connectivity index (χ1v) is 3.16. The fourth-order valence-corrected chi connectivity index (χ4v) is 0.679. The first-order valence-electron chi connectivity index (χ1n) is 3.16. The maximum atomic E-state index is 10.5. The maximum Gasteiger partial charge on any atom is 0.334 e. The molecule has 0 spiro atoms. The Bertz CT molecular complexity index is 183. The summed E-state index contributed by atoms with van der Waals surface area (Å²) in [6.07, 6.45) is 0. The van der Waals surface area contributed by atoms with Crippen LogP contribution in [0.3, 0.4) is 0 Å². The van der Waals surface area contributed by atoms with Gasteiger partial charge in [-0.05, 0) is 6.92 Å². The van der Waals surface area contributed by atoms with E-state index in [1.165, 1.54) is 6.92 Å². The molecule has 64 valence electrons. The van der Waals surface area contributed by atoms with Gasteiger partial charge in [0.05, 0.1) is 0 Å². The van der Waals surface area contributed by atoms with E-state index in [1.807, 2.05) is 0 Å². The fourth-order valence-electron chi connectivity index (χ4n) is 0.679. The normalized spacial score (nSPS) is 45.3. The number of esters is 1. The van der Waals surface area contributed by atoms with Gasteiger partial charge in [0, 0.05) is 6.92 Å². The quantitative estimate of drug-likeness (QED) is 0.446. The van der Waals surface area contributed by atoms with Crippen molar-refractivity contribution in [2.24, 2.45) is 0 Å². The zero-order valence-corrected chi connectivity index (χ0v) is 6.33. The van der Waals surface area contributed by atoms with Crippen LogP contribution in [-0.2, 0) is 14.3 Å². The molecule has 1 aliphatic heterocycles. The minimum Gasteiger partial charge on any atom is -0.426 e. The zero-order valence-electron chi connectivity index (χ0n) is 6.33. The van der Waals surface area contributed by atoms with Crippen LogP contribution < -0.4 is 0 Å². The largest absolute Gasteiger partial charge is 0.426 e. The number of ether oxygens (including phenoxy) is 2. The van der Waals surface area contributed by atoms with Crippen LogP contribution in [0.15, 0.2) is 0 Å². The molecule has 0 aromatic carbocycles. The van der Waals surface area contributed by atoms with E-state index in [-0.39, 0.29) is 6.61 Å². The molecule has 1 aliphatic rings. The minimum absolute atomic E-state index is 0.344. The van der Waals surface area contributed by atoms with Gasteiger partial charge in [-0.2, -0.15) is 0 Å². The Labute approximate surface area is 63.5 Å². The van der Waals surface area contributed by atoms with Crippen molar-refractivity contribution in [2.45, 2.75) is 25.4 Å². The molecular weight excluding hydrogens is 152 g/mol. The van der Waals surface area contributed by atoms with Crippen molar-refractivity contribution < 1.29 is 24.5 Å². The summed E-state index contributed by atoms with van der Waals surface area (Å²) in [6, 6.07) is 0. The van der Waals surface area contributed by atoms with E-state index in [0.717, 1.165) is 6.92 Å². The van der Waals surface area contributed by atoms with E-state index in [0.29, 0.717) is 0 Å². The monoisotopic (exact) mass is 162 g/mol. The van der Waals surface area contributed by atoms with E-state index in [4.69, 9.17) is 0 Å². The molecular formula is C6H10O5. The topological polar surface area (TPSA) is 76.0 Å². The highest BCUT2D eigenvalue weighted by Crippen LogP contribution is 2.28. The second-order valence-electron chi connectivity index (χ2n) is 2.73. The third-order valence-electron chi connectivity index (χ3n) is 1.64. The number of carbonyl (C=O) groups excluding carboxylic acids is 1. The van der Waals surface area contributed by atoms with E-state index >= 15 is 0 Å². The van der Waals surface area contributed by atoms with Gasteiger partial charge in [0.25, 0.3) is 5.79 Å². The van der Waals surface area contributed by atoms with Crippen molar-refractivity contribution in [1.29, 1.82) is 0 Å². The predicted molar refractivity (Wildman–Crippen MR) is 33.3 cm³/mol. The highest BCUT2D eigenvalue weighted by Gasteiger charge is 2.50. The third kappa shape index (κ3) is 1.35. The first kappa shape index (κ1) is 8.45. The summed E-state index contributed by atoms with van der Waals surface area (Å²) in [5.41, 5.74) is 0. The van der Waals surface area contributed by atoms with E-state index in [9.17, 15) is 15.0 Å². The lowest BCUT2D eigenvalue weighted by atomic mass is 10.1. The number of carbonyl (C=O) groups is 1. The molecule has 0 aliphatic carbocycles. The van der Waals surface area contributed by atoms with Crippen molar-refractivity contribution in [3.63, 3.8) is 0 Å². The zero-order chi connectivity index (χ0) is 8.70. The van der Waals surface area contributed by atoms with Gasteiger partial charge in [0.15, 0.2) is 0 Å². The van der Waals surface area contributed by atoms with Crippen molar-refractivity contribution in [2.75, 3.05) is 6.61 Å². The molecule has 0 amide bonds. The van der Waals surface area contributed by atoms with E-state index in [1.54, 1.807) is 0 Å². The summed E-state index contributed by atoms with van der Waals surface area (Å²) in [5, 5.41) is 18.5. The lowest BCUT2D eigenvalue weighted by Gasteiger charge is -2.40. The highest BCUT2D eigenvalue weighted by atomic mass is 16.8. The summed E-state index contributed by atoms with van der Waals surface area (Å²) < 4.78 is 9.05. The number of hydrogen-bond donors (Lipinski definition) is 2. The van der Waals surface area contributed by atoms with Gasteiger partial charge in [0.1, 0.15) is 6.61 Å². The number of cyclic esters (lactones) is 1. The Morgan fingerprint density at radius 3 is 2.27 bits per heavy atom. The van der Waals surface area contributed by atoms with Crippen molar-refractivity contribution in [3.05, 3.63) is 0 Å². The molecule has 1 saturated heterocycles. The molecule has 0 radical (unpaired) electrons. The molecule has 11 heavy (non-hydrogen) atoms. The van der Waals surface area contributed by atoms with Gasteiger partial charge in [-0.25, -0.2) is 4.79 Å². The summed E-state index contributed by atoms with van der Waals surface area (Å²) in [6.45, 7) is 2.03. The number of rotatable bonds is 0. The number of aliphatic hydroxyl groups is 2. The summed E-state index contributed by atoms with van der Waals surface area (Å²) in [5.74, 6) is -4.50. The van der Waals surface area contributed by atoms with Crippen molar-refractivity contribution in [3.8, 4) is 0 Å². The van der Waals surface area contributed by atoms with Crippen LogP contribution in [0.2, 0.25) is 0 Å².